The average Bonchev–Trinajstić information content (AvgIpc) is 3.96. The van der Waals surface area contributed by atoms with Crippen LogP contribution >= 0.6 is 11.8 Å². The lowest BCUT2D eigenvalue weighted by molar-refractivity contribution is -0.137. The van der Waals surface area contributed by atoms with Gasteiger partial charge in [0.2, 0.25) is 17.8 Å². The average molecular weight is 622 g/mol. The molecular formula is C30H30F3N9OS. The molecule has 3 N–H and O–H groups in total. The van der Waals surface area contributed by atoms with Gasteiger partial charge in [-0.25, -0.2) is 0 Å². The molecule has 2 saturated carbocycles. The van der Waals surface area contributed by atoms with E-state index in [0.29, 0.717) is 60.7 Å². The molecule has 10 nitrogen and oxygen atoms in total. The maximum absolute atomic E-state index is 13.3. The van der Waals surface area contributed by atoms with Gasteiger partial charge in [-0.1, -0.05) is 6.07 Å². The number of hydrogen-bond acceptors (Lipinski definition) is 9. The number of aromatic amines is 1. The van der Waals surface area contributed by atoms with Crippen LogP contribution in [0.15, 0.2) is 64.6 Å². The third-order valence-electron chi connectivity index (χ3n) is 7.84. The number of carbonyl (C=O) groups excluding carboxylic acids is 1. The number of carbonyl (C=O) groups is 1. The first kappa shape index (κ1) is 28.4. The highest BCUT2D eigenvalue weighted by atomic mass is 32.2. The third kappa shape index (κ3) is 6.74. The van der Waals surface area contributed by atoms with Crippen LogP contribution in [0, 0.1) is 5.92 Å². The summed E-state index contributed by atoms with van der Waals surface area (Å²) < 4.78 is 39.8. The Kier molecular flexibility index (Phi) is 7.52. The number of aromatic nitrogens is 5. The fourth-order valence-corrected chi connectivity index (χ4v) is 5.80. The van der Waals surface area contributed by atoms with Gasteiger partial charge in [-0.05, 0) is 79.9 Å². The zero-order valence-corrected chi connectivity index (χ0v) is 24.5. The molecule has 44 heavy (non-hydrogen) atoms. The highest BCUT2D eigenvalue weighted by Crippen LogP contribution is 2.40. The van der Waals surface area contributed by atoms with Crippen LogP contribution in [-0.4, -0.2) is 57.2 Å². The number of anilines is 5. The Morgan fingerprint density at radius 3 is 2.36 bits per heavy atom. The molecule has 2 aromatic heterocycles. The zero-order valence-electron chi connectivity index (χ0n) is 23.6. The minimum atomic E-state index is -4.39. The summed E-state index contributed by atoms with van der Waals surface area (Å²) in [6.07, 6.45) is -0.211. The minimum absolute atomic E-state index is 0.0552. The molecule has 0 radical (unpaired) electrons. The van der Waals surface area contributed by atoms with Gasteiger partial charge >= 0.3 is 6.18 Å². The largest absolute Gasteiger partial charge is 0.416 e. The molecule has 2 aromatic carbocycles. The van der Waals surface area contributed by atoms with Crippen LogP contribution in [-0.2, 0) is 11.0 Å². The van der Waals surface area contributed by atoms with Gasteiger partial charge in [-0.2, -0.15) is 33.2 Å². The Hall–Kier alpha value is -4.33. The Morgan fingerprint density at radius 2 is 1.66 bits per heavy atom. The molecular weight excluding hydrogens is 591 g/mol. The first-order chi connectivity index (χ1) is 21.3. The number of alkyl halides is 3. The van der Waals surface area contributed by atoms with Gasteiger partial charge in [-0.3, -0.25) is 9.89 Å². The SMILES string of the molecule is O=C(Nc1ccc(Sc2nc(Nc3cc(C4CC4)[nH]n3)nc(N3CCN(c4cccc(C(F)(F)F)c4)CC3)n2)cc1)C1CC1. The van der Waals surface area contributed by atoms with E-state index in [-0.39, 0.29) is 11.8 Å². The van der Waals surface area contributed by atoms with Crippen LogP contribution in [0.2, 0.25) is 0 Å². The fraction of sp³-hybridized carbons (Fsp3) is 0.367. The number of rotatable bonds is 9. The van der Waals surface area contributed by atoms with Gasteiger partial charge in [-0.15, -0.1) is 0 Å². The molecule has 3 aliphatic rings. The van der Waals surface area contributed by atoms with E-state index < -0.39 is 11.7 Å². The molecule has 1 saturated heterocycles. The van der Waals surface area contributed by atoms with Crippen molar-refractivity contribution in [1.29, 1.82) is 0 Å². The quantitative estimate of drug-likeness (QED) is 0.205. The second-order valence-electron chi connectivity index (χ2n) is 11.3. The number of halogens is 3. The highest BCUT2D eigenvalue weighted by Gasteiger charge is 2.32. The summed E-state index contributed by atoms with van der Waals surface area (Å²) in [5.41, 5.74) is 1.70. The van der Waals surface area contributed by atoms with Crippen molar-refractivity contribution < 1.29 is 18.0 Å². The van der Waals surface area contributed by atoms with E-state index in [0.717, 1.165) is 48.0 Å². The van der Waals surface area contributed by atoms with Crippen molar-refractivity contribution in [2.45, 2.75) is 47.8 Å². The Balaban J connectivity index is 1.08. The molecule has 228 valence electrons. The lowest BCUT2D eigenvalue weighted by atomic mass is 10.1. The van der Waals surface area contributed by atoms with E-state index in [9.17, 15) is 18.0 Å². The number of amides is 1. The topological polar surface area (TPSA) is 115 Å². The second kappa shape index (κ2) is 11.6. The van der Waals surface area contributed by atoms with Crippen molar-refractivity contribution in [1.82, 2.24) is 25.1 Å². The van der Waals surface area contributed by atoms with Crippen LogP contribution in [0.3, 0.4) is 0 Å². The molecule has 3 fully saturated rings. The van der Waals surface area contributed by atoms with E-state index in [2.05, 4.69) is 30.8 Å². The number of nitrogens with zero attached hydrogens (tertiary/aromatic N) is 6. The van der Waals surface area contributed by atoms with E-state index in [1.54, 1.807) is 6.07 Å². The van der Waals surface area contributed by atoms with Gasteiger partial charge in [0.15, 0.2) is 11.0 Å². The molecule has 0 atom stereocenters. The van der Waals surface area contributed by atoms with Gasteiger partial charge in [0, 0.05) is 66.0 Å². The number of benzene rings is 2. The second-order valence-corrected chi connectivity index (χ2v) is 12.3. The number of H-pyrrole nitrogens is 1. The molecule has 1 amide bonds. The van der Waals surface area contributed by atoms with Gasteiger partial charge < -0.3 is 20.4 Å². The summed E-state index contributed by atoms with van der Waals surface area (Å²) in [6.45, 7) is 2.06. The predicted octanol–water partition coefficient (Wildman–Crippen LogP) is 6.06. The van der Waals surface area contributed by atoms with Crippen LogP contribution in [0.25, 0.3) is 0 Å². The lowest BCUT2D eigenvalue weighted by Crippen LogP contribution is -2.47. The Bertz CT molecular complexity index is 1650. The number of piperazine rings is 1. The number of hydrogen-bond donors (Lipinski definition) is 3. The van der Waals surface area contributed by atoms with Gasteiger partial charge in [0.1, 0.15) is 0 Å². The van der Waals surface area contributed by atoms with E-state index in [1.165, 1.54) is 23.9 Å². The summed E-state index contributed by atoms with van der Waals surface area (Å²) in [6, 6.07) is 14.9. The zero-order chi connectivity index (χ0) is 30.3. The molecule has 3 heterocycles. The molecule has 14 heteroatoms. The molecule has 7 rings (SSSR count). The standard InChI is InChI=1S/C30H30F3N9OS/c31-30(32,33)20-2-1-3-22(16-20)41-12-14-42(15-13-41)28-36-27(35-25-17-24(39-40-25)18-4-5-18)37-29(38-28)44-23-10-8-21(9-11-23)34-26(43)19-6-7-19/h1-3,8-11,16-19H,4-7,12-15H2,(H,34,43)(H2,35,36,37,38,39,40). The smallest absolute Gasteiger partial charge is 0.368 e. The van der Waals surface area contributed by atoms with Crippen molar-refractivity contribution in [2.24, 2.45) is 5.92 Å². The van der Waals surface area contributed by atoms with E-state index >= 15 is 0 Å². The van der Waals surface area contributed by atoms with E-state index in [1.807, 2.05) is 40.1 Å². The normalized spacial score (nSPS) is 17.1. The van der Waals surface area contributed by atoms with Gasteiger partial charge in [0.05, 0.1) is 5.56 Å². The summed E-state index contributed by atoms with van der Waals surface area (Å²) in [5, 5.41) is 14.1. The van der Waals surface area contributed by atoms with Crippen LogP contribution < -0.4 is 20.4 Å². The van der Waals surface area contributed by atoms with Crippen molar-refractivity contribution in [3.05, 3.63) is 65.9 Å². The molecule has 0 spiro atoms. The molecule has 1 aliphatic heterocycles. The highest BCUT2D eigenvalue weighted by molar-refractivity contribution is 7.99. The Morgan fingerprint density at radius 1 is 0.909 bits per heavy atom. The van der Waals surface area contributed by atoms with Crippen LogP contribution in [0.1, 0.15) is 42.9 Å². The molecule has 0 bridgehead atoms. The minimum Gasteiger partial charge on any atom is -0.368 e. The van der Waals surface area contributed by atoms with Crippen molar-refractivity contribution >= 4 is 46.8 Å². The van der Waals surface area contributed by atoms with Crippen LogP contribution in [0.5, 0.6) is 0 Å². The maximum Gasteiger partial charge on any atom is 0.416 e. The monoisotopic (exact) mass is 621 g/mol. The van der Waals surface area contributed by atoms with Crippen molar-refractivity contribution in [2.75, 3.05) is 46.6 Å². The molecule has 0 unspecified atom stereocenters. The third-order valence-corrected chi connectivity index (χ3v) is 8.71. The maximum atomic E-state index is 13.3. The number of nitrogens with one attached hydrogen (secondary N) is 3. The van der Waals surface area contributed by atoms with Crippen LogP contribution in [0.4, 0.5) is 42.3 Å². The summed E-state index contributed by atoms with van der Waals surface area (Å²) in [7, 11) is 0. The lowest BCUT2D eigenvalue weighted by Gasteiger charge is -2.36. The van der Waals surface area contributed by atoms with Crippen molar-refractivity contribution in [3.8, 4) is 0 Å². The fourth-order valence-electron chi connectivity index (χ4n) is 5.05. The molecule has 2 aliphatic carbocycles. The first-order valence-electron chi connectivity index (χ1n) is 14.6. The Labute approximate surface area is 255 Å². The van der Waals surface area contributed by atoms with Crippen molar-refractivity contribution in [3.63, 3.8) is 0 Å². The summed E-state index contributed by atoms with van der Waals surface area (Å²) in [4.78, 5) is 31.0. The predicted molar refractivity (Wildman–Crippen MR) is 161 cm³/mol. The summed E-state index contributed by atoms with van der Waals surface area (Å²) >= 11 is 1.37. The molecule has 4 aromatic rings. The summed E-state index contributed by atoms with van der Waals surface area (Å²) in [5.74, 6) is 2.13. The first-order valence-corrected chi connectivity index (χ1v) is 15.4. The van der Waals surface area contributed by atoms with E-state index in [4.69, 9.17) is 4.98 Å². The van der Waals surface area contributed by atoms with Gasteiger partial charge in [0.25, 0.3) is 0 Å².